The van der Waals surface area contributed by atoms with Gasteiger partial charge in [-0.05, 0) is 43.0 Å². The van der Waals surface area contributed by atoms with E-state index >= 15 is 0 Å². The lowest BCUT2D eigenvalue weighted by atomic mass is 10.00. The minimum absolute atomic E-state index is 0.228. The van der Waals surface area contributed by atoms with Gasteiger partial charge in [-0.15, -0.1) is 0 Å². The first kappa shape index (κ1) is 9.16. The molecule has 78 valence electrons. The molecular formula is C11H10ClFN2. The lowest BCUT2D eigenvalue weighted by Gasteiger charge is -2.22. The Kier molecular flexibility index (Phi) is 1.80. The third-order valence-electron chi connectivity index (χ3n) is 3.06. The topological polar surface area (TPSA) is 17.8 Å². The highest BCUT2D eigenvalue weighted by atomic mass is 35.5. The summed E-state index contributed by atoms with van der Waals surface area (Å²) in [4.78, 5) is 4.18. The Morgan fingerprint density at radius 2 is 2.33 bits per heavy atom. The molecule has 0 N–H and O–H groups in total. The van der Waals surface area contributed by atoms with Crippen molar-refractivity contribution in [3.63, 3.8) is 0 Å². The van der Waals surface area contributed by atoms with Crippen LogP contribution in [0.25, 0.3) is 11.0 Å². The van der Waals surface area contributed by atoms with Crippen LogP contribution in [0.3, 0.4) is 0 Å². The van der Waals surface area contributed by atoms with E-state index in [4.69, 9.17) is 11.6 Å². The van der Waals surface area contributed by atoms with Gasteiger partial charge in [0.05, 0.1) is 11.0 Å². The first-order chi connectivity index (χ1) is 7.16. The summed E-state index contributed by atoms with van der Waals surface area (Å²) in [5, 5.41) is 0.462. The molecular weight excluding hydrogens is 215 g/mol. The fourth-order valence-electron chi connectivity index (χ4n) is 2.34. The van der Waals surface area contributed by atoms with E-state index < -0.39 is 0 Å². The standard InChI is InChI=1S/C11H10ClFN2/c1-6-2-3-7-4-8(13)5-9-10(7)15(6)11(12)14-9/h4-6H,2-3H2,1H3. The number of rotatable bonds is 0. The van der Waals surface area contributed by atoms with Crippen molar-refractivity contribution in [2.45, 2.75) is 25.8 Å². The highest BCUT2D eigenvalue weighted by molar-refractivity contribution is 6.29. The average Bonchev–Trinajstić information content (AvgIpc) is 2.49. The second-order valence-corrected chi connectivity index (χ2v) is 4.41. The maximum Gasteiger partial charge on any atom is 0.204 e. The summed E-state index contributed by atoms with van der Waals surface area (Å²) in [7, 11) is 0. The molecule has 0 amide bonds. The Morgan fingerprint density at radius 3 is 3.13 bits per heavy atom. The summed E-state index contributed by atoms with van der Waals surface area (Å²) in [5.74, 6) is -0.228. The fourth-order valence-corrected chi connectivity index (χ4v) is 2.68. The first-order valence-electron chi connectivity index (χ1n) is 5.02. The number of nitrogens with zero attached hydrogens (tertiary/aromatic N) is 2. The Balaban J connectivity index is 2.46. The number of imidazole rings is 1. The molecule has 0 fully saturated rings. The van der Waals surface area contributed by atoms with Crippen LogP contribution in [0, 0.1) is 5.82 Å². The van der Waals surface area contributed by atoms with Gasteiger partial charge in [0.15, 0.2) is 0 Å². The van der Waals surface area contributed by atoms with Gasteiger partial charge in [-0.1, -0.05) is 0 Å². The van der Waals surface area contributed by atoms with Crippen LogP contribution < -0.4 is 0 Å². The zero-order valence-corrected chi connectivity index (χ0v) is 9.05. The van der Waals surface area contributed by atoms with Gasteiger partial charge in [-0.3, -0.25) is 0 Å². The number of halogens is 2. The van der Waals surface area contributed by atoms with E-state index in [0.717, 1.165) is 23.9 Å². The van der Waals surface area contributed by atoms with Crippen LogP contribution in [-0.4, -0.2) is 9.55 Å². The van der Waals surface area contributed by atoms with Crippen LogP contribution in [-0.2, 0) is 6.42 Å². The van der Waals surface area contributed by atoms with Crippen molar-refractivity contribution in [2.75, 3.05) is 0 Å². The van der Waals surface area contributed by atoms with Crippen LogP contribution in [0.5, 0.6) is 0 Å². The van der Waals surface area contributed by atoms with Crippen molar-refractivity contribution in [1.29, 1.82) is 0 Å². The third-order valence-corrected chi connectivity index (χ3v) is 3.32. The maximum atomic E-state index is 13.3. The smallest absolute Gasteiger partial charge is 0.204 e. The molecule has 0 saturated carbocycles. The molecule has 1 aliphatic rings. The van der Waals surface area contributed by atoms with E-state index in [1.165, 1.54) is 6.07 Å². The summed E-state index contributed by atoms with van der Waals surface area (Å²) in [5.41, 5.74) is 2.68. The van der Waals surface area contributed by atoms with Gasteiger partial charge in [-0.25, -0.2) is 9.37 Å². The molecule has 0 aliphatic carbocycles. The van der Waals surface area contributed by atoms with Gasteiger partial charge in [0.2, 0.25) is 5.28 Å². The second-order valence-electron chi connectivity index (χ2n) is 4.07. The van der Waals surface area contributed by atoms with E-state index in [1.54, 1.807) is 6.07 Å². The minimum atomic E-state index is -0.228. The summed E-state index contributed by atoms with van der Waals surface area (Å²) in [6, 6.07) is 3.38. The predicted molar refractivity (Wildman–Crippen MR) is 57.7 cm³/mol. The molecule has 15 heavy (non-hydrogen) atoms. The van der Waals surface area contributed by atoms with E-state index in [9.17, 15) is 4.39 Å². The van der Waals surface area contributed by atoms with Gasteiger partial charge in [0, 0.05) is 12.1 Å². The molecule has 2 aromatic rings. The molecule has 1 aromatic heterocycles. The lowest BCUT2D eigenvalue weighted by Crippen LogP contribution is -2.12. The van der Waals surface area contributed by atoms with E-state index in [1.807, 2.05) is 4.57 Å². The fraction of sp³-hybridized carbons (Fsp3) is 0.364. The number of hydrogen-bond donors (Lipinski definition) is 0. The number of benzene rings is 1. The second kappa shape index (κ2) is 2.95. The lowest BCUT2D eigenvalue weighted by molar-refractivity contribution is 0.500. The molecule has 1 unspecified atom stereocenters. The first-order valence-corrected chi connectivity index (χ1v) is 5.40. The van der Waals surface area contributed by atoms with Crippen molar-refractivity contribution in [2.24, 2.45) is 0 Å². The van der Waals surface area contributed by atoms with Gasteiger partial charge in [0.1, 0.15) is 5.82 Å². The third kappa shape index (κ3) is 1.19. The molecule has 2 heterocycles. The highest BCUT2D eigenvalue weighted by Crippen LogP contribution is 2.34. The molecule has 1 aliphatic heterocycles. The Bertz CT molecular complexity index is 547. The Hall–Kier alpha value is -1.09. The zero-order chi connectivity index (χ0) is 10.6. The Labute approximate surface area is 91.7 Å². The van der Waals surface area contributed by atoms with Gasteiger partial charge in [-0.2, -0.15) is 0 Å². The normalized spacial score (nSPS) is 19.8. The molecule has 1 atom stereocenters. The summed E-state index contributed by atoms with van der Waals surface area (Å²) < 4.78 is 15.2. The van der Waals surface area contributed by atoms with Crippen LogP contribution >= 0.6 is 11.6 Å². The number of aromatic nitrogens is 2. The van der Waals surface area contributed by atoms with Crippen molar-refractivity contribution in [1.82, 2.24) is 9.55 Å². The van der Waals surface area contributed by atoms with Crippen LogP contribution in [0.4, 0.5) is 4.39 Å². The Morgan fingerprint density at radius 1 is 1.53 bits per heavy atom. The monoisotopic (exact) mass is 224 g/mol. The van der Waals surface area contributed by atoms with Crippen LogP contribution in [0.1, 0.15) is 24.9 Å². The molecule has 0 radical (unpaired) electrons. The van der Waals surface area contributed by atoms with Gasteiger partial charge in [0.25, 0.3) is 0 Å². The van der Waals surface area contributed by atoms with Crippen LogP contribution in [0.2, 0.25) is 5.28 Å². The van der Waals surface area contributed by atoms with Crippen molar-refractivity contribution >= 4 is 22.6 Å². The minimum Gasteiger partial charge on any atom is -0.312 e. The zero-order valence-electron chi connectivity index (χ0n) is 8.30. The molecule has 4 heteroatoms. The van der Waals surface area contributed by atoms with Crippen LogP contribution in [0.15, 0.2) is 12.1 Å². The van der Waals surface area contributed by atoms with Crippen molar-refractivity contribution in [3.05, 3.63) is 28.8 Å². The quantitative estimate of drug-likeness (QED) is 0.671. The highest BCUT2D eigenvalue weighted by Gasteiger charge is 2.22. The predicted octanol–water partition coefficient (Wildman–Crippen LogP) is 3.34. The van der Waals surface area contributed by atoms with Crippen molar-refractivity contribution < 1.29 is 4.39 Å². The van der Waals surface area contributed by atoms with E-state index in [-0.39, 0.29) is 5.82 Å². The number of hydrogen-bond acceptors (Lipinski definition) is 1. The number of aryl methyl sites for hydroxylation is 1. The molecule has 3 rings (SSSR count). The summed E-state index contributed by atoms with van der Waals surface area (Å²) in [6.45, 7) is 2.11. The summed E-state index contributed by atoms with van der Waals surface area (Å²) >= 11 is 6.05. The molecule has 1 aromatic carbocycles. The SMILES string of the molecule is CC1CCc2cc(F)cc3nc(Cl)n1c23. The molecule has 0 bridgehead atoms. The molecule has 0 saturated heterocycles. The van der Waals surface area contributed by atoms with E-state index in [0.29, 0.717) is 16.8 Å². The molecule has 2 nitrogen and oxygen atoms in total. The largest absolute Gasteiger partial charge is 0.312 e. The van der Waals surface area contributed by atoms with Gasteiger partial charge < -0.3 is 4.57 Å². The summed E-state index contributed by atoms with van der Waals surface area (Å²) in [6.07, 6.45) is 1.89. The van der Waals surface area contributed by atoms with E-state index in [2.05, 4.69) is 11.9 Å². The van der Waals surface area contributed by atoms with Gasteiger partial charge >= 0.3 is 0 Å². The maximum absolute atomic E-state index is 13.3. The van der Waals surface area contributed by atoms with Crippen molar-refractivity contribution in [3.8, 4) is 0 Å². The molecule has 0 spiro atoms. The average molecular weight is 225 g/mol.